The van der Waals surface area contributed by atoms with Crippen LogP contribution in [0.1, 0.15) is 18.9 Å². The van der Waals surface area contributed by atoms with Gasteiger partial charge in [-0.2, -0.15) is 49.7 Å². The molecule has 7 heteroatoms. The number of carbonyl (C=O) groups excluding carboxylic acids is 1. The van der Waals surface area contributed by atoms with Crippen molar-refractivity contribution in [2.24, 2.45) is 0 Å². The Morgan fingerprint density at radius 1 is 0.596 bits per heavy atom. The van der Waals surface area contributed by atoms with Crippen LogP contribution in [-0.4, -0.2) is 34.8 Å². The molecule has 0 atom stereocenters. The van der Waals surface area contributed by atoms with Crippen LogP contribution in [0, 0.1) is 25.5 Å². The fourth-order valence-corrected chi connectivity index (χ4v) is 7.33. The molecule has 0 amide bonds. The van der Waals surface area contributed by atoms with Gasteiger partial charge in [0.15, 0.2) is 5.78 Å². The van der Waals surface area contributed by atoms with Gasteiger partial charge in [0.1, 0.15) is 0 Å². The molecule has 6 nitrogen and oxygen atoms in total. The topological polar surface area (TPSA) is 50.3 Å². The van der Waals surface area contributed by atoms with E-state index in [1.54, 1.807) is 0 Å². The van der Waals surface area contributed by atoms with Gasteiger partial charge in [-0.3, -0.25) is 4.79 Å². The van der Waals surface area contributed by atoms with Gasteiger partial charge in [0.05, 0.1) is 5.76 Å². The molecular formula is C50H42IrN4O2-4. The molecule has 0 aromatic heterocycles. The maximum Gasteiger partial charge on any atom is 0.159 e. The summed E-state index contributed by atoms with van der Waals surface area (Å²) in [6.45, 7) is 5.58. The minimum absolute atomic E-state index is 0. The molecule has 0 aliphatic carbocycles. The van der Waals surface area contributed by atoms with Gasteiger partial charge in [-0.25, -0.2) is 0 Å². The van der Waals surface area contributed by atoms with Crippen molar-refractivity contribution in [3.05, 3.63) is 195 Å². The van der Waals surface area contributed by atoms with Crippen molar-refractivity contribution in [1.82, 2.24) is 9.80 Å². The molecule has 0 unspecified atom stereocenters. The molecule has 0 saturated carbocycles. The number of aliphatic hydroxyl groups excluding tert-OH is 1. The second-order valence-corrected chi connectivity index (χ2v) is 14.2. The van der Waals surface area contributed by atoms with Gasteiger partial charge >= 0.3 is 0 Å². The molecule has 2 heterocycles. The first kappa shape index (κ1) is 39.1. The van der Waals surface area contributed by atoms with Crippen molar-refractivity contribution in [2.75, 3.05) is 23.9 Å². The van der Waals surface area contributed by atoms with E-state index in [1.807, 2.05) is 68.1 Å². The van der Waals surface area contributed by atoms with Crippen LogP contribution >= 0.6 is 0 Å². The second kappa shape index (κ2) is 17.3. The zero-order chi connectivity index (χ0) is 38.6. The Morgan fingerprint density at radius 2 is 1.02 bits per heavy atom. The van der Waals surface area contributed by atoms with Crippen LogP contribution in [0.25, 0.3) is 55.6 Å². The van der Waals surface area contributed by atoms with Crippen molar-refractivity contribution in [3.8, 4) is 55.6 Å². The van der Waals surface area contributed by atoms with Gasteiger partial charge in [-0.05, 0) is 109 Å². The maximum absolute atomic E-state index is 12.7. The second-order valence-electron chi connectivity index (χ2n) is 14.2. The SMILES string of the molecule is C/C(O)=C/C(=O)CCc1ccccc1-c1cc(-c2ccccc2-c2c[c-]c(N3C=CN(C)[CH-]3)cc2)cc(-c2ccccc2-c2c[c-]c(N3C=CN(C)[CH-]3)cc2)c1.[Ir]. The average molecular weight is 923 g/mol. The molecule has 287 valence electrons. The summed E-state index contributed by atoms with van der Waals surface area (Å²) in [5.74, 6) is -0.0749. The normalized spacial score (nSPS) is 13.7. The smallest absolute Gasteiger partial charge is 0.159 e. The molecular weight excluding hydrogens is 881 g/mol. The number of benzene rings is 6. The van der Waals surface area contributed by atoms with Gasteiger partial charge in [-0.15, -0.1) is 34.6 Å². The molecule has 0 spiro atoms. The molecule has 6 aromatic rings. The molecule has 57 heavy (non-hydrogen) atoms. The Morgan fingerprint density at radius 3 is 1.42 bits per heavy atom. The minimum atomic E-state index is -0.0981. The Balaban J connectivity index is 0.00000496. The first-order chi connectivity index (χ1) is 27.3. The summed E-state index contributed by atoms with van der Waals surface area (Å²) < 4.78 is 0. The van der Waals surface area contributed by atoms with E-state index in [0.717, 1.165) is 72.6 Å². The summed E-state index contributed by atoms with van der Waals surface area (Å²) in [6, 6.07) is 51.9. The van der Waals surface area contributed by atoms with Crippen LogP contribution < -0.4 is 9.80 Å². The van der Waals surface area contributed by atoms with Crippen LogP contribution in [0.3, 0.4) is 0 Å². The minimum Gasteiger partial charge on any atom is -0.512 e. The number of anilines is 2. The number of allylic oxidation sites excluding steroid dienone is 2. The molecule has 2 aliphatic rings. The molecule has 0 saturated heterocycles. The summed E-state index contributed by atoms with van der Waals surface area (Å²) in [6.07, 6.45) is 10.2. The molecule has 2 aliphatic heterocycles. The number of hydrogen-bond acceptors (Lipinski definition) is 6. The molecule has 1 radical (unpaired) electrons. The molecule has 0 fully saturated rings. The Kier molecular flexibility index (Phi) is 11.9. The summed E-state index contributed by atoms with van der Waals surface area (Å²) in [4.78, 5) is 20.8. The van der Waals surface area contributed by atoms with E-state index in [2.05, 4.69) is 143 Å². The number of ketones is 1. The van der Waals surface area contributed by atoms with Crippen molar-refractivity contribution in [1.29, 1.82) is 0 Å². The number of rotatable bonds is 11. The maximum atomic E-state index is 12.7. The number of nitrogens with zero attached hydrogens (tertiary/aromatic N) is 4. The summed E-state index contributed by atoms with van der Waals surface area (Å²) in [5, 5.41) is 9.71. The number of hydrogen-bond donors (Lipinski definition) is 1. The van der Waals surface area contributed by atoms with Crippen LogP contribution in [0.4, 0.5) is 11.4 Å². The largest absolute Gasteiger partial charge is 0.512 e. The van der Waals surface area contributed by atoms with E-state index in [1.165, 1.54) is 13.0 Å². The average Bonchev–Trinajstić information content (AvgIpc) is 3.88. The third-order valence-electron chi connectivity index (χ3n) is 10.1. The first-order valence-electron chi connectivity index (χ1n) is 18.7. The monoisotopic (exact) mass is 923 g/mol. The Labute approximate surface area is 349 Å². The zero-order valence-electron chi connectivity index (χ0n) is 32.1. The van der Waals surface area contributed by atoms with Crippen molar-refractivity contribution >= 4 is 17.2 Å². The van der Waals surface area contributed by atoms with Crippen molar-refractivity contribution < 1.29 is 30.0 Å². The third kappa shape index (κ3) is 8.81. The molecule has 1 N–H and O–H groups in total. The first-order valence-corrected chi connectivity index (χ1v) is 18.7. The van der Waals surface area contributed by atoms with Gasteiger partial charge in [0, 0.05) is 32.6 Å². The summed E-state index contributed by atoms with van der Waals surface area (Å²) >= 11 is 0. The summed E-state index contributed by atoms with van der Waals surface area (Å²) in [5.41, 5.74) is 13.9. The van der Waals surface area contributed by atoms with Crippen LogP contribution in [0.15, 0.2) is 164 Å². The van der Waals surface area contributed by atoms with Gasteiger partial charge in [0.2, 0.25) is 0 Å². The van der Waals surface area contributed by atoms with Crippen LogP contribution in [0.5, 0.6) is 0 Å². The standard InChI is InChI=1S/C50H42N4O2.Ir/c1-36(55)30-45(56)25-20-37-10-4-5-11-46(37)40-31-41(49-14-8-6-12-47(49)38-16-21-43(22-17-38)53-28-26-51(2)34-53)33-42(32-40)50-15-9-7-13-48(50)39-18-23-44(24-19-39)54-29-27-52(3)35-54;/h4-19,21,23,26-35,55H,20,25H2,1-3H3;/q-4;/b36-30-;. The molecule has 6 aromatic carbocycles. The van der Waals surface area contributed by atoms with E-state index in [0.29, 0.717) is 12.8 Å². The van der Waals surface area contributed by atoms with Crippen molar-refractivity contribution in [2.45, 2.75) is 19.8 Å². The predicted octanol–water partition coefficient (Wildman–Crippen LogP) is 11.3. The van der Waals surface area contributed by atoms with E-state index in [-0.39, 0.29) is 31.6 Å². The fourth-order valence-electron chi connectivity index (χ4n) is 7.33. The van der Waals surface area contributed by atoms with E-state index in [4.69, 9.17) is 0 Å². The third-order valence-corrected chi connectivity index (χ3v) is 10.1. The molecule has 8 rings (SSSR count). The number of aryl methyl sites for hydroxylation is 1. The van der Waals surface area contributed by atoms with Gasteiger partial charge < -0.3 is 24.7 Å². The van der Waals surface area contributed by atoms with Crippen LogP contribution in [0.2, 0.25) is 0 Å². The number of aliphatic hydroxyl groups is 1. The van der Waals surface area contributed by atoms with Crippen molar-refractivity contribution in [3.63, 3.8) is 0 Å². The predicted molar refractivity (Wildman–Crippen MR) is 228 cm³/mol. The van der Waals surface area contributed by atoms with Gasteiger partial charge in [0.25, 0.3) is 0 Å². The number of carbonyl (C=O) groups is 1. The van der Waals surface area contributed by atoms with E-state index in [9.17, 15) is 9.90 Å². The molecule has 0 bridgehead atoms. The Bertz CT molecular complexity index is 2340. The Hall–Kier alpha value is -6.14. The quantitative estimate of drug-likeness (QED) is 0.0794. The van der Waals surface area contributed by atoms with Crippen LogP contribution in [-0.2, 0) is 31.3 Å². The van der Waals surface area contributed by atoms with E-state index < -0.39 is 0 Å². The summed E-state index contributed by atoms with van der Waals surface area (Å²) in [7, 11) is 4.02. The van der Waals surface area contributed by atoms with E-state index >= 15 is 0 Å². The fraction of sp³-hybridized carbons (Fsp3) is 0.100. The van der Waals surface area contributed by atoms with Gasteiger partial charge in [-0.1, -0.05) is 83.9 Å². The zero-order valence-corrected chi connectivity index (χ0v) is 34.5.